The number of hydrogen-bond acceptors (Lipinski definition) is 5. The minimum Gasteiger partial charge on any atom is -0.423 e. The van der Waals surface area contributed by atoms with Gasteiger partial charge in [-0.1, -0.05) is 18.2 Å². The van der Waals surface area contributed by atoms with Crippen LogP contribution in [0, 0.1) is 0 Å². The van der Waals surface area contributed by atoms with E-state index in [1.807, 2.05) is 24.3 Å². The van der Waals surface area contributed by atoms with Crippen LogP contribution >= 0.6 is 0 Å². The SMILES string of the molecule is O=C(Oc1ccccc1)c1ccc2c(c1)NNN2. The molecule has 5 nitrogen and oxygen atoms in total. The highest BCUT2D eigenvalue weighted by molar-refractivity contribution is 5.93. The Labute approximate surface area is 104 Å². The number of para-hydroxylation sites is 1. The van der Waals surface area contributed by atoms with E-state index in [4.69, 9.17) is 4.74 Å². The van der Waals surface area contributed by atoms with Crippen molar-refractivity contribution >= 4 is 17.3 Å². The number of ether oxygens (including phenoxy) is 1. The molecule has 3 rings (SSSR count). The standard InChI is InChI=1S/C13H11N3O2/c17-13(18-10-4-2-1-3-5-10)9-6-7-11-12(8-9)15-16-14-11/h1-8,14-16H. The summed E-state index contributed by atoms with van der Waals surface area (Å²) in [5.74, 6) is 0.157. The molecule has 5 heteroatoms. The van der Waals surface area contributed by atoms with Crippen molar-refractivity contribution in [2.75, 3.05) is 10.9 Å². The summed E-state index contributed by atoms with van der Waals surface area (Å²) in [5, 5.41) is 0. The normalized spacial score (nSPS) is 12.2. The molecule has 0 amide bonds. The molecule has 90 valence electrons. The van der Waals surface area contributed by atoms with Crippen molar-refractivity contribution in [1.82, 2.24) is 5.53 Å². The third-order valence-electron chi connectivity index (χ3n) is 2.60. The minimum atomic E-state index is -0.377. The fourth-order valence-corrected chi connectivity index (χ4v) is 1.70. The molecule has 1 aliphatic heterocycles. The number of nitrogens with one attached hydrogen (secondary N) is 3. The van der Waals surface area contributed by atoms with E-state index in [2.05, 4.69) is 16.4 Å². The summed E-state index contributed by atoms with van der Waals surface area (Å²) >= 11 is 0. The largest absolute Gasteiger partial charge is 0.423 e. The highest BCUT2D eigenvalue weighted by Crippen LogP contribution is 2.25. The molecule has 18 heavy (non-hydrogen) atoms. The number of carbonyl (C=O) groups is 1. The maximum absolute atomic E-state index is 11.9. The van der Waals surface area contributed by atoms with E-state index in [0.29, 0.717) is 11.3 Å². The van der Waals surface area contributed by atoms with Crippen molar-refractivity contribution in [3.63, 3.8) is 0 Å². The first-order chi connectivity index (χ1) is 8.83. The summed E-state index contributed by atoms with van der Waals surface area (Å²) < 4.78 is 5.25. The molecule has 0 fully saturated rings. The summed E-state index contributed by atoms with van der Waals surface area (Å²) in [6.07, 6.45) is 0. The zero-order valence-corrected chi connectivity index (χ0v) is 9.44. The van der Waals surface area contributed by atoms with E-state index < -0.39 is 0 Å². The van der Waals surface area contributed by atoms with E-state index in [1.54, 1.807) is 24.3 Å². The fraction of sp³-hybridized carbons (Fsp3) is 0. The van der Waals surface area contributed by atoms with Gasteiger partial charge in [-0.2, -0.15) is 0 Å². The minimum absolute atomic E-state index is 0.377. The van der Waals surface area contributed by atoms with Gasteiger partial charge in [-0.15, -0.1) is 5.53 Å². The van der Waals surface area contributed by atoms with Crippen molar-refractivity contribution in [3.05, 3.63) is 54.1 Å². The molecule has 0 atom stereocenters. The summed E-state index contributed by atoms with van der Waals surface area (Å²) in [6, 6.07) is 14.2. The molecular formula is C13H11N3O2. The number of hydrogen-bond donors (Lipinski definition) is 3. The molecular weight excluding hydrogens is 230 g/mol. The lowest BCUT2D eigenvalue weighted by molar-refractivity contribution is 0.0735. The maximum Gasteiger partial charge on any atom is 0.343 e. The van der Waals surface area contributed by atoms with Gasteiger partial charge in [0.05, 0.1) is 16.9 Å². The van der Waals surface area contributed by atoms with Crippen molar-refractivity contribution < 1.29 is 9.53 Å². The highest BCUT2D eigenvalue weighted by atomic mass is 16.5. The second-order valence-electron chi connectivity index (χ2n) is 3.84. The summed E-state index contributed by atoms with van der Waals surface area (Å²) in [7, 11) is 0. The number of fused-ring (bicyclic) bond motifs is 1. The number of benzene rings is 2. The smallest absolute Gasteiger partial charge is 0.343 e. The van der Waals surface area contributed by atoms with Gasteiger partial charge in [0, 0.05) is 0 Å². The van der Waals surface area contributed by atoms with E-state index in [0.717, 1.165) is 11.4 Å². The maximum atomic E-state index is 11.9. The molecule has 0 radical (unpaired) electrons. The van der Waals surface area contributed by atoms with Crippen LogP contribution in [0.5, 0.6) is 5.75 Å². The second-order valence-corrected chi connectivity index (χ2v) is 3.84. The number of rotatable bonds is 2. The van der Waals surface area contributed by atoms with Crippen LogP contribution in [0.3, 0.4) is 0 Å². The van der Waals surface area contributed by atoms with E-state index in [1.165, 1.54) is 0 Å². The Kier molecular flexibility index (Phi) is 2.59. The molecule has 2 aromatic rings. The first kappa shape index (κ1) is 10.6. The number of anilines is 2. The van der Waals surface area contributed by atoms with Crippen LogP contribution in [0.4, 0.5) is 11.4 Å². The predicted molar refractivity (Wildman–Crippen MR) is 68.2 cm³/mol. The average Bonchev–Trinajstić information content (AvgIpc) is 2.87. The van der Waals surface area contributed by atoms with Crippen molar-refractivity contribution in [2.45, 2.75) is 0 Å². The third-order valence-corrected chi connectivity index (χ3v) is 2.60. The van der Waals surface area contributed by atoms with Crippen LogP contribution in [0.1, 0.15) is 10.4 Å². The molecule has 1 aliphatic rings. The van der Waals surface area contributed by atoms with Gasteiger partial charge in [-0.3, -0.25) is 0 Å². The van der Waals surface area contributed by atoms with Gasteiger partial charge in [0.15, 0.2) is 0 Å². The summed E-state index contributed by atoms with van der Waals surface area (Å²) in [4.78, 5) is 11.9. The predicted octanol–water partition coefficient (Wildman–Crippen LogP) is 2.16. The zero-order chi connectivity index (χ0) is 12.4. The van der Waals surface area contributed by atoms with Crippen molar-refractivity contribution in [3.8, 4) is 5.75 Å². The Morgan fingerprint density at radius 1 is 0.944 bits per heavy atom. The fourth-order valence-electron chi connectivity index (χ4n) is 1.70. The summed E-state index contributed by atoms with van der Waals surface area (Å²) in [5.41, 5.74) is 10.8. The van der Waals surface area contributed by atoms with Gasteiger partial charge in [0.2, 0.25) is 0 Å². The van der Waals surface area contributed by atoms with E-state index in [-0.39, 0.29) is 5.97 Å². The van der Waals surface area contributed by atoms with Crippen LogP contribution in [0.15, 0.2) is 48.5 Å². The van der Waals surface area contributed by atoms with Crippen LogP contribution in [-0.2, 0) is 0 Å². The quantitative estimate of drug-likeness (QED) is 0.555. The van der Waals surface area contributed by atoms with Crippen LogP contribution in [-0.4, -0.2) is 5.97 Å². The number of carbonyl (C=O) groups excluding carboxylic acids is 1. The molecule has 0 aliphatic carbocycles. The van der Waals surface area contributed by atoms with E-state index in [9.17, 15) is 4.79 Å². The van der Waals surface area contributed by atoms with E-state index >= 15 is 0 Å². The number of esters is 1. The molecule has 2 aromatic carbocycles. The molecule has 0 unspecified atom stereocenters. The molecule has 0 bridgehead atoms. The average molecular weight is 241 g/mol. The topological polar surface area (TPSA) is 62.4 Å². The molecule has 0 aromatic heterocycles. The number of hydrazine groups is 2. The third kappa shape index (κ3) is 1.99. The zero-order valence-electron chi connectivity index (χ0n) is 9.44. The lowest BCUT2D eigenvalue weighted by Gasteiger charge is -2.05. The highest BCUT2D eigenvalue weighted by Gasteiger charge is 2.14. The molecule has 0 spiro atoms. The lowest BCUT2D eigenvalue weighted by atomic mass is 10.2. The van der Waals surface area contributed by atoms with Crippen LogP contribution in [0.2, 0.25) is 0 Å². The first-order valence-corrected chi connectivity index (χ1v) is 5.51. The van der Waals surface area contributed by atoms with Crippen molar-refractivity contribution in [2.24, 2.45) is 0 Å². The Bertz CT molecular complexity index is 584. The molecule has 3 N–H and O–H groups in total. The Morgan fingerprint density at radius 2 is 1.72 bits per heavy atom. The van der Waals surface area contributed by atoms with Crippen molar-refractivity contribution in [1.29, 1.82) is 0 Å². The molecule has 0 saturated heterocycles. The Hall–Kier alpha value is -2.53. The monoisotopic (exact) mass is 241 g/mol. The van der Waals surface area contributed by atoms with Crippen LogP contribution in [0.25, 0.3) is 0 Å². The Balaban J connectivity index is 1.81. The van der Waals surface area contributed by atoms with Gasteiger partial charge in [-0.25, -0.2) is 4.79 Å². The second kappa shape index (κ2) is 4.38. The summed E-state index contributed by atoms with van der Waals surface area (Å²) in [6.45, 7) is 0. The molecule has 1 heterocycles. The van der Waals surface area contributed by atoms with Gasteiger partial charge < -0.3 is 15.6 Å². The van der Waals surface area contributed by atoms with Gasteiger partial charge in [0.1, 0.15) is 5.75 Å². The van der Waals surface area contributed by atoms with Gasteiger partial charge in [-0.05, 0) is 30.3 Å². The molecule has 0 saturated carbocycles. The van der Waals surface area contributed by atoms with Gasteiger partial charge in [0.25, 0.3) is 0 Å². The van der Waals surface area contributed by atoms with Crippen LogP contribution < -0.4 is 21.1 Å². The lowest BCUT2D eigenvalue weighted by Crippen LogP contribution is -2.19. The van der Waals surface area contributed by atoms with Gasteiger partial charge >= 0.3 is 5.97 Å². The first-order valence-electron chi connectivity index (χ1n) is 5.51. The Morgan fingerprint density at radius 3 is 2.56 bits per heavy atom.